The van der Waals surface area contributed by atoms with Gasteiger partial charge >= 0.3 is 12.1 Å². The minimum absolute atomic E-state index is 0.369. The molecular formula is C24H39NO4. The highest BCUT2D eigenvalue weighted by Crippen LogP contribution is 2.17. The molecule has 1 aromatic carbocycles. The van der Waals surface area contributed by atoms with Gasteiger partial charge in [-0.05, 0) is 45.1 Å². The van der Waals surface area contributed by atoms with E-state index in [-0.39, 0.29) is 0 Å². The van der Waals surface area contributed by atoms with Crippen LogP contribution in [0.5, 0.6) is 0 Å². The molecule has 1 N–H and O–H groups in total. The fourth-order valence-corrected chi connectivity index (χ4v) is 3.09. The predicted molar refractivity (Wildman–Crippen MR) is 117 cm³/mol. The first-order chi connectivity index (χ1) is 13.7. The molecule has 5 nitrogen and oxygen atoms in total. The average Bonchev–Trinajstić information content (AvgIpc) is 2.66. The second-order valence-corrected chi connectivity index (χ2v) is 8.67. The largest absolute Gasteiger partial charge is 0.464 e. The highest BCUT2D eigenvalue weighted by Gasteiger charge is 2.26. The molecule has 0 aliphatic heterocycles. The number of ether oxygens (including phenoxy) is 2. The number of rotatable bonds is 12. The molecule has 0 fully saturated rings. The summed E-state index contributed by atoms with van der Waals surface area (Å²) in [6, 6.07) is 8.84. The fraction of sp³-hybridized carbons (Fsp3) is 0.667. The topological polar surface area (TPSA) is 64.6 Å². The smallest absolute Gasteiger partial charge is 0.408 e. The third kappa shape index (κ3) is 11.5. The van der Waals surface area contributed by atoms with Crippen molar-refractivity contribution in [1.82, 2.24) is 5.32 Å². The number of carbonyl (C=O) groups is 2. The predicted octanol–water partition coefficient (Wildman–Crippen LogP) is 5.66. The van der Waals surface area contributed by atoms with Gasteiger partial charge < -0.3 is 14.8 Å². The van der Waals surface area contributed by atoms with Crippen molar-refractivity contribution in [3.63, 3.8) is 0 Å². The number of hydrogen-bond donors (Lipinski definition) is 1. The maximum atomic E-state index is 12.8. The van der Waals surface area contributed by atoms with Gasteiger partial charge in [0.25, 0.3) is 0 Å². The van der Waals surface area contributed by atoms with Gasteiger partial charge in [-0.1, -0.05) is 69.9 Å². The van der Waals surface area contributed by atoms with Gasteiger partial charge in [0.15, 0.2) is 0 Å². The van der Waals surface area contributed by atoms with Crippen LogP contribution in [0.3, 0.4) is 0 Å². The van der Waals surface area contributed by atoms with E-state index < -0.39 is 23.7 Å². The minimum Gasteiger partial charge on any atom is -0.464 e. The summed E-state index contributed by atoms with van der Waals surface area (Å²) in [5, 5.41) is 2.70. The SMILES string of the molecule is CCCCC(CCCC)COC(=O)[C@H](Cc1ccccc1)NC(=O)OC(C)(C)C. The molecule has 1 rings (SSSR count). The van der Waals surface area contributed by atoms with Crippen LogP contribution in [-0.2, 0) is 20.7 Å². The van der Waals surface area contributed by atoms with E-state index in [0.29, 0.717) is 18.9 Å². The zero-order chi connectivity index (χ0) is 21.7. The lowest BCUT2D eigenvalue weighted by atomic mass is 9.97. The summed E-state index contributed by atoms with van der Waals surface area (Å²) in [7, 11) is 0. The molecule has 0 spiro atoms. The Hall–Kier alpha value is -2.04. The van der Waals surface area contributed by atoms with E-state index in [4.69, 9.17) is 9.47 Å². The maximum Gasteiger partial charge on any atom is 0.408 e. The lowest BCUT2D eigenvalue weighted by molar-refractivity contribution is -0.147. The third-order valence-corrected chi connectivity index (χ3v) is 4.65. The first-order valence-corrected chi connectivity index (χ1v) is 10.9. The molecule has 0 bridgehead atoms. The average molecular weight is 406 g/mol. The molecule has 0 aliphatic carbocycles. The second kappa shape index (κ2) is 13.2. The molecule has 29 heavy (non-hydrogen) atoms. The Morgan fingerprint density at radius 1 is 1.00 bits per heavy atom. The monoisotopic (exact) mass is 405 g/mol. The fourth-order valence-electron chi connectivity index (χ4n) is 3.09. The quantitative estimate of drug-likeness (QED) is 0.456. The van der Waals surface area contributed by atoms with E-state index >= 15 is 0 Å². The van der Waals surface area contributed by atoms with Crippen LogP contribution in [-0.4, -0.2) is 30.3 Å². The number of hydrogen-bond acceptors (Lipinski definition) is 4. The van der Waals surface area contributed by atoms with Crippen LogP contribution in [0, 0.1) is 5.92 Å². The summed E-state index contributed by atoms with van der Waals surface area (Å²) < 4.78 is 11.0. The summed E-state index contributed by atoms with van der Waals surface area (Å²) in [6.45, 7) is 10.1. The molecule has 0 unspecified atom stereocenters. The van der Waals surface area contributed by atoms with Crippen LogP contribution >= 0.6 is 0 Å². The maximum absolute atomic E-state index is 12.8. The Labute approximate surface area is 176 Å². The minimum atomic E-state index is -0.773. The van der Waals surface area contributed by atoms with Gasteiger partial charge in [0.2, 0.25) is 0 Å². The van der Waals surface area contributed by atoms with Gasteiger partial charge in [-0.2, -0.15) is 0 Å². The molecular weight excluding hydrogens is 366 g/mol. The molecule has 1 aromatic rings. The van der Waals surface area contributed by atoms with Crippen molar-refractivity contribution in [1.29, 1.82) is 0 Å². The van der Waals surface area contributed by atoms with E-state index in [9.17, 15) is 9.59 Å². The van der Waals surface area contributed by atoms with Crippen molar-refractivity contribution in [2.75, 3.05) is 6.61 Å². The normalized spacial score (nSPS) is 12.5. The standard InChI is InChI=1S/C24H39NO4/c1-6-8-13-20(14-9-7-2)18-28-22(26)21(17-19-15-11-10-12-16-19)25-23(27)29-24(3,4)5/h10-12,15-16,20-21H,6-9,13-14,17-18H2,1-5H3,(H,25,27)/t21-/m0/s1. The number of nitrogens with one attached hydrogen (secondary N) is 1. The third-order valence-electron chi connectivity index (χ3n) is 4.65. The van der Waals surface area contributed by atoms with E-state index in [2.05, 4.69) is 19.2 Å². The molecule has 0 saturated heterocycles. The summed E-state index contributed by atoms with van der Waals surface area (Å²) in [6.07, 6.45) is 6.42. The first kappa shape index (κ1) is 25.0. The Balaban J connectivity index is 2.75. The lowest BCUT2D eigenvalue weighted by Gasteiger charge is -2.24. The van der Waals surface area contributed by atoms with Gasteiger partial charge in [0, 0.05) is 6.42 Å². The number of carbonyl (C=O) groups excluding carboxylic acids is 2. The highest BCUT2D eigenvalue weighted by atomic mass is 16.6. The van der Waals surface area contributed by atoms with E-state index in [1.165, 1.54) is 0 Å². The van der Waals surface area contributed by atoms with Gasteiger partial charge in [-0.3, -0.25) is 0 Å². The van der Waals surface area contributed by atoms with Crippen molar-refractivity contribution in [3.05, 3.63) is 35.9 Å². The first-order valence-electron chi connectivity index (χ1n) is 10.9. The van der Waals surface area contributed by atoms with Crippen molar-refractivity contribution in [2.24, 2.45) is 5.92 Å². The van der Waals surface area contributed by atoms with Crippen molar-refractivity contribution in [3.8, 4) is 0 Å². The van der Waals surface area contributed by atoms with Gasteiger partial charge in [0.05, 0.1) is 6.61 Å². The number of alkyl carbamates (subject to hydrolysis) is 1. The second-order valence-electron chi connectivity index (χ2n) is 8.67. The van der Waals surface area contributed by atoms with Crippen LogP contribution in [0.1, 0.15) is 78.7 Å². The van der Waals surface area contributed by atoms with Gasteiger partial charge in [-0.25, -0.2) is 9.59 Å². The van der Waals surface area contributed by atoms with Crippen LogP contribution in [0.15, 0.2) is 30.3 Å². The van der Waals surface area contributed by atoms with Crippen molar-refractivity contribution >= 4 is 12.1 Å². The number of unbranched alkanes of at least 4 members (excludes halogenated alkanes) is 2. The lowest BCUT2D eigenvalue weighted by Crippen LogP contribution is -2.45. The summed E-state index contributed by atoms with van der Waals surface area (Å²) in [5.74, 6) is -0.0320. The molecule has 0 aliphatic rings. The summed E-state index contributed by atoms with van der Waals surface area (Å²) >= 11 is 0. The Morgan fingerprint density at radius 3 is 2.10 bits per heavy atom. The van der Waals surface area contributed by atoms with Crippen LogP contribution < -0.4 is 5.32 Å². The highest BCUT2D eigenvalue weighted by molar-refractivity contribution is 5.81. The molecule has 5 heteroatoms. The molecule has 0 aromatic heterocycles. The number of amides is 1. The molecule has 0 saturated carbocycles. The van der Waals surface area contributed by atoms with E-state index in [1.54, 1.807) is 20.8 Å². The number of esters is 1. The van der Waals surface area contributed by atoms with Crippen molar-refractivity contribution < 1.29 is 19.1 Å². The molecule has 1 atom stereocenters. The van der Waals surface area contributed by atoms with Gasteiger partial charge in [-0.15, -0.1) is 0 Å². The van der Waals surface area contributed by atoms with Crippen LogP contribution in [0.2, 0.25) is 0 Å². The van der Waals surface area contributed by atoms with Gasteiger partial charge in [0.1, 0.15) is 11.6 Å². The Morgan fingerprint density at radius 2 is 1.59 bits per heavy atom. The zero-order valence-electron chi connectivity index (χ0n) is 18.8. The molecule has 1 amide bonds. The van der Waals surface area contributed by atoms with E-state index in [1.807, 2.05) is 30.3 Å². The molecule has 0 heterocycles. The Kier molecular flexibility index (Phi) is 11.4. The van der Waals surface area contributed by atoms with E-state index in [0.717, 1.165) is 44.1 Å². The Bertz CT molecular complexity index is 587. The zero-order valence-corrected chi connectivity index (χ0v) is 18.8. The summed E-state index contributed by atoms with van der Waals surface area (Å²) in [5.41, 5.74) is 0.329. The van der Waals surface area contributed by atoms with Crippen LogP contribution in [0.4, 0.5) is 4.79 Å². The van der Waals surface area contributed by atoms with Crippen molar-refractivity contribution in [2.45, 2.75) is 91.2 Å². The van der Waals surface area contributed by atoms with Crippen LogP contribution in [0.25, 0.3) is 0 Å². The number of benzene rings is 1. The molecule has 164 valence electrons. The molecule has 0 radical (unpaired) electrons. The summed E-state index contributed by atoms with van der Waals surface area (Å²) in [4.78, 5) is 25.1.